The number of fused-ring (bicyclic) bond motifs is 1. The Morgan fingerprint density at radius 2 is 2.00 bits per heavy atom. The molecule has 0 bridgehead atoms. The van der Waals surface area contributed by atoms with Crippen molar-refractivity contribution in [1.82, 2.24) is 14.9 Å². The van der Waals surface area contributed by atoms with Gasteiger partial charge in [0.05, 0.1) is 23.5 Å². The molecule has 2 fully saturated rings. The van der Waals surface area contributed by atoms with Gasteiger partial charge in [0, 0.05) is 37.4 Å². The van der Waals surface area contributed by atoms with E-state index in [1.54, 1.807) is 24.8 Å². The number of H-pyrrole nitrogens is 1. The van der Waals surface area contributed by atoms with Crippen LogP contribution in [0.5, 0.6) is 5.75 Å². The summed E-state index contributed by atoms with van der Waals surface area (Å²) in [7, 11) is 0. The molecule has 9 heteroatoms. The monoisotopic (exact) mass is 477 g/mol. The summed E-state index contributed by atoms with van der Waals surface area (Å²) in [4.78, 5) is 33.0. The van der Waals surface area contributed by atoms with E-state index >= 15 is 0 Å². The molecule has 0 spiro atoms. The number of nitrogens with one attached hydrogen (secondary N) is 1. The summed E-state index contributed by atoms with van der Waals surface area (Å²) >= 11 is 1.71. The predicted octanol–water partition coefficient (Wildman–Crippen LogP) is 3.63. The van der Waals surface area contributed by atoms with Crippen molar-refractivity contribution >= 4 is 28.6 Å². The van der Waals surface area contributed by atoms with Gasteiger partial charge in [0.1, 0.15) is 22.8 Å². The van der Waals surface area contributed by atoms with Gasteiger partial charge in [-0.05, 0) is 51.4 Å². The number of carbonyl (C=O) groups is 1. The van der Waals surface area contributed by atoms with Crippen molar-refractivity contribution in [2.24, 2.45) is 5.92 Å². The van der Waals surface area contributed by atoms with E-state index in [2.05, 4.69) is 9.97 Å². The second kappa shape index (κ2) is 10.0. The highest BCUT2D eigenvalue weighted by molar-refractivity contribution is 7.99. The quantitative estimate of drug-likeness (QED) is 0.660. The molecular weight excluding hydrogens is 445 g/mol. The average molecular weight is 478 g/mol. The number of carbonyl (C=O) groups excluding carboxylic acids is 1. The topological polar surface area (TPSA) is 95.5 Å². The first-order valence-electron chi connectivity index (χ1n) is 11.6. The van der Waals surface area contributed by atoms with Gasteiger partial charge in [-0.15, -0.1) is 0 Å². The third-order valence-corrected chi connectivity index (χ3v) is 8.18. The number of hydrogen-bond donors (Lipinski definition) is 2. The molecular formula is C24H32FN3O4S. The molecule has 180 valence electrons. The number of amides is 1. The molecule has 1 saturated carbocycles. The number of thioether (sulfide) groups is 1. The Kier molecular flexibility index (Phi) is 7.28. The van der Waals surface area contributed by atoms with E-state index in [4.69, 9.17) is 4.74 Å². The highest BCUT2D eigenvalue weighted by atomic mass is 32.2. The third kappa shape index (κ3) is 6.06. The number of ether oxygens (including phenoxy) is 1. The lowest BCUT2D eigenvalue weighted by Gasteiger charge is -2.32. The van der Waals surface area contributed by atoms with Crippen LogP contribution in [0.15, 0.2) is 16.9 Å². The van der Waals surface area contributed by atoms with Crippen LogP contribution in [0.1, 0.15) is 58.2 Å². The first kappa shape index (κ1) is 24.0. The summed E-state index contributed by atoms with van der Waals surface area (Å²) < 4.78 is 20.5. The molecule has 1 saturated heterocycles. The molecule has 7 nitrogen and oxygen atoms in total. The molecule has 2 aliphatic rings. The number of rotatable bonds is 6. The van der Waals surface area contributed by atoms with Crippen LogP contribution >= 0.6 is 11.8 Å². The lowest BCUT2D eigenvalue weighted by atomic mass is 9.86. The fourth-order valence-electron chi connectivity index (χ4n) is 4.60. The van der Waals surface area contributed by atoms with E-state index in [1.165, 1.54) is 6.07 Å². The Hall–Kier alpha value is -2.13. The minimum atomic E-state index is -0.642. The first-order valence-corrected chi connectivity index (χ1v) is 12.7. The normalized spacial score (nSPS) is 24.2. The van der Waals surface area contributed by atoms with Crippen LogP contribution in [0.25, 0.3) is 10.9 Å². The highest BCUT2D eigenvalue weighted by Gasteiger charge is 2.29. The Morgan fingerprint density at radius 1 is 1.30 bits per heavy atom. The van der Waals surface area contributed by atoms with Crippen molar-refractivity contribution < 1.29 is 19.0 Å². The van der Waals surface area contributed by atoms with Crippen LogP contribution in [0.2, 0.25) is 0 Å². The van der Waals surface area contributed by atoms with Crippen LogP contribution in [-0.2, 0) is 10.5 Å². The van der Waals surface area contributed by atoms with Crippen molar-refractivity contribution in [2.45, 2.75) is 69.0 Å². The largest absolute Gasteiger partial charge is 0.493 e. The molecule has 0 radical (unpaired) electrons. The zero-order valence-electron chi connectivity index (χ0n) is 19.2. The maximum Gasteiger partial charge on any atom is 0.261 e. The number of piperidine rings is 1. The van der Waals surface area contributed by atoms with E-state index < -0.39 is 17.0 Å². The van der Waals surface area contributed by atoms with Gasteiger partial charge in [-0.1, -0.05) is 0 Å². The molecule has 2 N–H and O–H groups in total. The average Bonchev–Trinajstić information content (AvgIpc) is 2.76. The lowest BCUT2D eigenvalue weighted by Crippen LogP contribution is -2.38. The second-order valence-electron chi connectivity index (χ2n) is 9.58. The molecule has 4 rings (SSSR count). The zero-order valence-corrected chi connectivity index (χ0v) is 20.0. The second-order valence-corrected chi connectivity index (χ2v) is 10.9. The Balaban J connectivity index is 1.40. The van der Waals surface area contributed by atoms with Crippen molar-refractivity contribution in [1.29, 1.82) is 0 Å². The summed E-state index contributed by atoms with van der Waals surface area (Å²) in [6, 6.07) is 2.87. The predicted molar refractivity (Wildman–Crippen MR) is 127 cm³/mol. The van der Waals surface area contributed by atoms with Crippen molar-refractivity contribution in [3.63, 3.8) is 0 Å². The fraction of sp³-hybridized carbons (Fsp3) is 0.625. The van der Waals surface area contributed by atoms with E-state index in [-0.39, 0.29) is 11.3 Å². The summed E-state index contributed by atoms with van der Waals surface area (Å²) in [5, 5.41) is 10.5. The Morgan fingerprint density at radius 3 is 2.67 bits per heavy atom. The Bertz CT molecular complexity index is 1060. The summed E-state index contributed by atoms with van der Waals surface area (Å²) in [5.41, 5.74) is -0.768. The smallest absolute Gasteiger partial charge is 0.261 e. The molecule has 2 aromatic rings. The molecule has 1 aliphatic carbocycles. The van der Waals surface area contributed by atoms with E-state index in [1.807, 2.05) is 11.8 Å². The first-order chi connectivity index (χ1) is 15.7. The molecule has 1 aromatic heterocycles. The van der Waals surface area contributed by atoms with Crippen LogP contribution in [0, 0.1) is 11.7 Å². The Labute approximate surface area is 197 Å². The number of halogens is 1. The van der Waals surface area contributed by atoms with Crippen LogP contribution < -0.4 is 10.3 Å². The van der Waals surface area contributed by atoms with Gasteiger partial charge in [0.25, 0.3) is 5.56 Å². The van der Waals surface area contributed by atoms with E-state index in [9.17, 15) is 19.1 Å². The molecule has 33 heavy (non-hydrogen) atoms. The molecule has 2 heterocycles. The number of nitrogens with zero attached hydrogens (tertiary/aromatic N) is 2. The number of aromatic amines is 1. The summed E-state index contributed by atoms with van der Waals surface area (Å²) in [6.07, 6.45) is 5.09. The highest BCUT2D eigenvalue weighted by Crippen LogP contribution is 2.35. The minimum absolute atomic E-state index is 0.0559. The maximum atomic E-state index is 14.7. The van der Waals surface area contributed by atoms with Crippen molar-refractivity contribution in [3.05, 3.63) is 34.1 Å². The molecule has 0 atom stereocenters. The number of benzene rings is 1. The third-order valence-electron chi connectivity index (χ3n) is 6.79. The molecule has 1 aromatic carbocycles. The minimum Gasteiger partial charge on any atom is -0.493 e. The molecule has 1 aliphatic heterocycles. The van der Waals surface area contributed by atoms with Gasteiger partial charge in [0.2, 0.25) is 5.91 Å². The fourth-order valence-corrected chi connectivity index (χ4v) is 5.70. The lowest BCUT2D eigenvalue weighted by molar-refractivity contribution is -0.130. The van der Waals surface area contributed by atoms with Crippen LogP contribution in [0.4, 0.5) is 4.39 Å². The van der Waals surface area contributed by atoms with E-state index in [0.29, 0.717) is 53.7 Å². The van der Waals surface area contributed by atoms with Crippen LogP contribution in [0.3, 0.4) is 0 Å². The number of likely N-dealkylation sites (tertiary alicyclic amines) is 1. The SMILES string of the molecule is CC(=O)N1CCC(COc2cc(F)c3c(=O)[nH]c(CSC4CCC(C)(O)CC4)nc3c2)CC1. The van der Waals surface area contributed by atoms with Gasteiger partial charge in [0.15, 0.2) is 0 Å². The van der Waals surface area contributed by atoms with Crippen LogP contribution in [-0.4, -0.2) is 56.4 Å². The van der Waals surface area contributed by atoms with Gasteiger partial charge < -0.3 is 19.7 Å². The number of aromatic nitrogens is 2. The molecule has 0 unspecified atom stereocenters. The standard InChI is InChI=1S/C24H32FN3O4S/c1-15(29)28-9-5-16(6-10-28)13-32-17-11-19(25)22-20(12-17)26-21(27-23(22)30)14-33-18-3-7-24(2,31)8-4-18/h11-12,16,18,31H,3-10,13-14H2,1-2H3,(H,26,27,30). The zero-order chi connectivity index (χ0) is 23.6. The van der Waals surface area contributed by atoms with Gasteiger partial charge in [-0.3, -0.25) is 9.59 Å². The number of aliphatic hydroxyl groups is 1. The molecule has 1 amide bonds. The van der Waals surface area contributed by atoms with Gasteiger partial charge in [-0.25, -0.2) is 9.37 Å². The van der Waals surface area contributed by atoms with Gasteiger partial charge in [-0.2, -0.15) is 11.8 Å². The maximum absolute atomic E-state index is 14.7. The van der Waals surface area contributed by atoms with Crippen molar-refractivity contribution in [3.8, 4) is 5.75 Å². The van der Waals surface area contributed by atoms with Crippen molar-refractivity contribution in [2.75, 3.05) is 19.7 Å². The summed E-state index contributed by atoms with van der Waals surface area (Å²) in [6.45, 7) is 5.32. The van der Waals surface area contributed by atoms with Gasteiger partial charge >= 0.3 is 0 Å². The summed E-state index contributed by atoms with van der Waals surface area (Å²) in [5.74, 6) is 1.15. The number of hydrogen-bond acceptors (Lipinski definition) is 6. The van der Waals surface area contributed by atoms with E-state index in [0.717, 1.165) is 38.5 Å².